The first kappa shape index (κ1) is 41.0. The minimum atomic E-state index is -1.82. The van der Waals surface area contributed by atoms with Crippen LogP contribution in [-0.2, 0) is 18.4 Å². The Hall–Kier alpha value is -2.02. The van der Waals surface area contributed by atoms with Gasteiger partial charge in [0.1, 0.15) is 12.4 Å². The van der Waals surface area contributed by atoms with Gasteiger partial charge in [0, 0.05) is 31.2 Å². The van der Waals surface area contributed by atoms with Crippen LogP contribution in [0.5, 0.6) is 0 Å². The number of rotatable bonds is 19. The molecule has 1 N–H and O–H groups in total. The summed E-state index contributed by atoms with van der Waals surface area (Å²) in [6.07, 6.45) is 6.56. The molecule has 0 atom stereocenters. The van der Waals surface area contributed by atoms with Crippen molar-refractivity contribution in [2.75, 3.05) is 19.7 Å². The molecule has 8 nitrogen and oxygen atoms in total. The van der Waals surface area contributed by atoms with Crippen molar-refractivity contribution < 1.29 is 18.4 Å². The van der Waals surface area contributed by atoms with Gasteiger partial charge in [-0.15, -0.1) is 0 Å². The molecule has 246 valence electrons. The van der Waals surface area contributed by atoms with Crippen LogP contribution in [0.4, 0.5) is 0 Å². The van der Waals surface area contributed by atoms with Crippen molar-refractivity contribution in [2.24, 2.45) is 21.2 Å². The standard InChI is InChI=1S/C25H47N3O3Si2.C8H15NO/c1-24(2,20-26)15-13-22(29)12-9-10-18-32(5,6)31-33(7,8)19-11-17-28-23(30)14-16-25(3,4)21-27;1-4-8(2,3)7-9-5-6-10-7/h9-19H2,1-8H3,(H,28,30);4-6H2,1-3H3. The van der Waals surface area contributed by atoms with Crippen molar-refractivity contribution in [1.29, 1.82) is 10.5 Å². The summed E-state index contributed by atoms with van der Waals surface area (Å²) >= 11 is 0. The molecule has 0 radical (unpaired) electrons. The third-order valence-electron chi connectivity index (χ3n) is 7.97. The van der Waals surface area contributed by atoms with E-state index in [4.69, 9.17) is 19.4 Å². The lowest BCUT2D eigenvalue weighted by Gasteiger charge is -2.34. The van der Waals surface area contributed by atoms with Gasteiger partial charge in [0.25, 0.3) is 0 Å². The Morgan fingerprint density at radius 1 is 0.884 bits per heavy atom. The molecule has 1 amide bonds. The Morgan fingerprint density at radius 3 is 1.91 bits per heavy atom. The summed E-state index contributed by atoms with van der Waals surface area (Å²) in [7, 11) is -3.61. The molecular weight excluding hydrogens is 573 g/mol. The zero-order chi connectivity index (χ0) is 33.4. The number of hydrogen-bond donors (Lipinski definition) is 1. The number of nitrogens with zero attached hydrogens (tertiary/aromatic N) is 3. The third-order valence-corrected chi connectivity index (χ3v) is 15.5. The molecule has 10 heteroatoms. The maximum Gasteiger partial charge on any atom is 0.220 e. The number of ketones is 1. The molecule has 0 aromatic rings. The Morgan fingerprint density at radius 2 is 1.42 bits per heavy atom. The average Bonchev–Trinajstić information content (AvgIpc) is 3.47. The van der Waals surface area contributed by atoms with E-state index in [0.717, 1.165) is 56.8 Å². The Kier molecular flexibility index (Phi) is 17.8. The van der Waals surface area contributed by atoms with Crippen LogP contribution in [0.3, 0.4) is 0 Å². The summed E-state index contributed by atoms with van der Waals surface area (Å²) in [5.41, 5.74) is -0.736. The van der Waals surface area contributed by atoms with Crippen molar-refractivity contribution in [2.45, 2.75) is 145 Å². The minimum Gasteiger partial charge on any atom is -0.479 e. The second kappa shape index (κ2) is 18.7. The molecule has 1 aliphatic heterocycles. The lowest BCUT2D eigenvalue weighted by Crippen LogP contribution is -2.44. The predicted octanol–water partition coefficient (Wildman–Crippen LogP) is 8.17. The summed E-state index contributed by atoms with van der Waals surface area (Å²) in [6, 6.07) is 6.53. The molecule has 43 heavy (non-hydrogen) atoms. The lowest BCUT2D eigenvalue weighted by molar-refractivity contribution is -0.121. The van der Waals surface area contributed by atoms with Crippen LogP contribution in [-0.4, -0.2) is 53.9 Å². The highest BCUT2D eigenvalue weighted by atomic mass is 28.4. The second-order valence-electron chi connectivity index (χ2n) is 15.1. The molecule has 0 aromatic carbocycles. The summed E-state index contributed by atoms with van der Waals surface area (Å²) < 4.78 is 12.0. The van der Waals surface area contributed by atoms with Gasteiger partial charge in [-0.2, -0.15) is 10.5 Å². The van der Waals surface area contributed by atoms with Crippen molar-refractivity contribution in [3.05, 3.63) is 0 Å². The van der Waals surface area contributed by atoms with Gasteiger partial charge >= 0.3 is 0 Å². The first-order valence-electron chi connectivity index (χ1n) is 16.2. The van der Waals surface area contributed by atoms with E-state index in [-0.39, 0.29) is 17.1 Å². The van der Waals surface area contributed by atoms with Gasteiger partial charge in [0.15, 0.2) is 22.5 Å². The van der Waals surface area contributed by atoms with E-state index in [1.54, 1.807) is 0 Å². The Balaban J connectivity index is 0.00000147. The zero-order valence-electron chi connectivity index (χ0n) is 29.4. The van der Waals surface area contributed by atoms with E-state index in [2.05, 4.69) is 69.4 Å². The number of carbonyl (C=O) groups is 2. The van der Waals surface area contributed by atoms with Crippen molar-refractivity contribution in [3.8, 4) is 12.1 Å². The number of Topliss-reactive ketones (excluding diaryl/α,β-unsaturated/α-hetero) is 1. The van der Waals surface area contributed by atoms with Crippen LogP contribution in [0, 0.1) is 38.9 Å². The summed E-state index contributed by atoms with van der Waals surface area (Å²) in [6.45, 7) is 25.2. The molecule has 0 saturated heterocycles. The monoisotopic (exact) mass is 634 g/mol. The van der Waals surface area contributed by atoms with Gasteiger partial charge < -0.3 is 14.2 Å². The summed E-state index contributed by atoms with van der Waals surface area (Å²) in [5.74, 6) is 1.21. The second-order valence-corrected chi connectivity index (χ2v) is 23.9. The molecular formula is C33H62N4O4Si2. The number of hydrogen-bond acceptors (Lipinski definition) is 7. The van der Waals surface area contributed by atoms with E-state index >= 15 is 0 Å². The lowest BCUT2D eigenvalue weighted by atomic mass is 9.88. The zero-order valence-corrected chi connectivity index (χ0v) is 31.4. The molecule has 0 bridgehead atoms. The van der Waals surface area contributed by atoms with E-state index < -0.39 is 27.5 Å². The molecule has 0 aliphatic carbocycles. The van der Waals surface area contributed by atoms with E-state index in [1.807, 2.05) is 27.7 Å². The SMILES string of the molecule is CC(C)(C#N)CCC(=O)CCCC[Si](C)(C)O[Si](C)(C)CCCNC(=O)CCC(C)(C)C#N.CCC(C)(C)C1=NCCO1. The van der Waals surface area contributed by atoms with E-state index in [0.29, 0.717) is 38.6 Å². The predicted molar refractivity (Wildman–Crippen MR) is 182 cm³/mol. The normalized spacial score (nSPS) is 14.0. The van der Waals surface area contributed by atoms with Gasteiger partial charge in [0.05, 0.1) is 29.5 Å². The highest BCUT2D eigenvalue weighted by molar-refractivity contribution is 6.84. The number of unbranched alkanes of at least 4 members (excludes halogenated alkanes) is 1. The van der Waals surface area contributed by atoms with Crippen LogP contribution in [0.1, 0.15) is 106 Å². The van der Waals surface area contributed by atoms with Gasteiger partial charge in [-0.1, -0.05) is 27.2 Å². The number of aliphatic imine (C=N–C) groups is 1. The third kappa shape index (κ3) is 19.8. The van der Waals surface area contributed by atoms with Crippen LogP contribution in [0.25, 0.3) is 0 Å². The van der Waals surface area contributed by atoms with Crippen molar-refractivity contribution in [3.63, 3.8) is 0 Å². The van der Waals surface area contributed by atoms with E-state index in [1.165, 1.54) is 0 Å². The maximum absolute atomic E-state index is 12.1. The van der Waals surface area contributed by atoms with Crippen molar-refractivity contribution in [1.82, 2.24) is 5.32 Å². The molecule has 1 heterocycles. The quantitative estimate of drug-likeness (QED) is 0.113. The van der Waals surface area contributed by atoms with Crippen LogP contribution in [0.15, 0.2) is 4.99 Å². The number of nitrogens with one attached hydrogen (secondary N) is 1. The number of carbonyl (C=O) groups excluding carboxylic acids is 2. The summed E-state index contributed by atoms with van der Waals surface area (Å²) in [4.78, 5) is 28.4. The average molecular weight is 635 g/mol. The van der Waals surface area contributed by atoms with Gasteiger partial charge in [-0.3, -0.25) is 14.6 Å². The molecule has 0 spiro atoms. The Labute approximate surface area is 265 Å². The molecule has 0 saturated carbocycles. The molecule has 0 aromatic heterocycles. The highest BCUT2D eigenvalue weighted by Gasteiger charge is 2.32. The van der Waals surface area contributed by atoms with Crippen LogP contribution >= 0.6 is 0 Å². The molecule has 1 rings (SSSR count). The first-order valence-corrected chi connectivity index (χ1v) is 22.4. The minimum absolute atomic E-state index is 0.0131. The highest BCUT2D eigenvalue weighted by Crippen LogP contribution is 2.26. The summed E-state index contributed by atoms with van der Waals surface area (Å²) in [5, 5.41) is 21.1. The largest absolute Gasteiger partial charge is 0.479 e. The topological polar surface area (TPSA) is 125 Å². The fraction of sp³-hybridized carbons (Fsp3) is 0.848. The van der Waals surface area contributed by atoms with Crippen LogP contribution < -0.4 is 5.32 Å². The fourth-order valence-corrected chi connectivity index (χ4v) is 13.5. The van der Waals surface area contributed by atoms with Crippen LogP contribution in [0.2, 0.25) is 38.3 Å². The number of amides is 1. The fourth-order valence-electron chi connectivity index (χ4n) is 4.56. The number of ether oxygens (including phenoxy) is 1. The smallest absolute Gasteiger partial charge is 0.220 e. The Bertz CT molecular complexity index is 932. The molecule has 1 aliphatic rings. The van der Waals surface area contributed by atoms with Gasteiger partial charge in [-0.25, -0.2) is 0 Å². The van der Waals surface area contributed by atoms with Gasteiger partial charge in [0.2, 0.25) is 5.91 Å². The van der Waals surface area contributed by atoms with Crippen molar-refractivity contribution >= 4 is 34.2 Å². The van der Waals surface area contributed by atoms with Gasteiger partial charge in [-0.05, 0) is 98.1 Å². The first-order chi connectivity index (χ1) is 19.7. The maximum atomic E-state index is 12.1. The molecule has 0 unspecified atom stereocenters. The molecule has 0 fully saturated rings. The van der Waals surface area contributed by atoms with E-state index in [9.17, 15) is 9.59 Å². The number of nitriles is 2.